The van der Waals surface area contributed by atoms with Gasteiger partial charge < -0.3 is 4.74 Å². The van der Waals surface area contributed by atoms with Crippen LogP contribution in [0.5, 0.6) is 0 Å². The number of ether oxygens (including phenoxy) is 1. The molecule has 0 saturated carbocycles. The van der Waals surface area contributed by atoms with Gasteiger partial charge >= 0.3 is 0 Å². The third kappa shape index (κ3) is 5.80. The van der Waals surface area contributed by atoms with Gasteiger partial charge in [-0.05, 0) is 31.6 Å². The van der Waals surface area contributed by atoms with Gasteiger partial charge in [-0.3, -0.25) is 19.1 Å². The lowest BCUT2D eigenvalue weighted by atomic mass is 9.87. The number of aromatic nitrogens is 1. The predicted octanol–water partition coefficient (Wildman–Crippen LogP) is 2.12. The Kier molecular flexibility index (Phi) is 7.65. The molecule has 166 valence electrons. The van der Waals surface area contributed by atoms with Crippen LogP contribution in [0.15, 0.2) is 16.9 Å². The van der Waals surface area contributed by atoms with E-state index in [1.807, 2.05) is 25.1 Å². The first-order chi connectivity index (χ1) is 14.7. The van der Waals surface area contributed by atoms with Gasteiger partial charge in [0.2, 0.25) is 0 Å². The molecule has 0 unspecified atom stereocenters. The van der Waals surface area contributed by atoms with Crippen molar-refractivity contribution in [1.82, 2.24) is 9.47 Å². The van der Waals surface area contributed by atoms with E-state index in [1.54, 1.807) is 36.7 Å². The number of carbonyl (C=O) groups excluding carboxylic acids is 1. The van der Waals surface area contributed by atoms with Gasteiger partial charge in [0.1, 0.15) is 16.3 Å². The summed E-state index contributed by atoms with van der Waals surface area (Å²) in [6, 6.07) is 6.09. The Balaban J connectivity index is 2.05. The van der Waals surface area contributed by atoms with Crippen molar-refractivity contribution in [3.63, 3.8) is 0 Å². The van der Waals surface area contributed by atoms with Crippen LogP contribution in [0.1, 0.15) is 36.9 Å². The molecule has 2 aromatic heterocycles. The van der Waals surface area contributed by atoms with Crippen LogP contribution in [0, 0.1) is 23.7 Å². The first kappa shape index (κ1) is 23.6. The van der Waals surface area contributed by atoms with E-state index in [9.17, 15) is 14.9 Å². The fourth-order valence-corrected chi connectivity index (χ4v) is 5.43. The minimum Gasteiger partial charge on any atom is -0.379 e. The molecule has 1 aliphatic rings. The number of hydrogen-bond donors (Lipinski definition) is 0. The average Bonchev–Trinajstić information content (AvgIpc) is 3.27. The number of hydrogen-bond acceptors (Lipinski definition) is 7. The Morgan fingerprint density at radius 1 is 1.23 bits per heavy atom. The van der Waals surface area contributed by atoms with Crippen LogP contribution in [0.25, 0.3) is 11.6 Å². The first-order valence-corrected chi connectivity index (χ1v) is 12.1. The summed E-state index contributed by atoms with van der Waals surface area (Å²) in [5.41, 5.74) is -0.760. The fourth-order valence-electron chi connectivity index (χ4n) is 3.42. The van der Waals surface area contributed by atoms with Crippen molar-refractivity contribution < 1.29 is 9.53 Å². The Morgan fingerprint density at radius 2 is 1.94 bits per heavy atom. The topological polar surface area (TPSA) is 75.3 Å². The molecule has 6 nitrogen and oxygen atoms in total. The van der Waals surface area contributed by atoms with E-state index in [-0.39, 0.29) is 16.9 Å². The molecule has 3 heterocycles. The lowest BCUT2D eigenvalue weighted by molar-refractivity contribution is -0.120. The van der Waals surface area contributed by atoms with Crippen molar-refractivity contribution in [3.8, 4) is 6.07 Å². The highest BCUT2D eigenvalue weighted by Gasteiger charge is 2.27. The molecule has 2 aromatic rings. The molecule has 0 bridgehead atoms. The zero-order valence-corrected chi connectivity index (χ0v) is 20.2. The number of Topliss-reactive ketones (excluding diaryl/α,β-unsaturated/α-hetero) is 1. The van der Waals surface area contributed by atoms with Crippen molar-refractivity contribution >= 4 is 40.1 Å². The Hall–Kier alpha value is -2.05. The monoisotopic (exact) mass is 459 g/mol. The summed E-state index contributed by atoms with van der Waals surface area (Å²) in [4.78, 5) is 30.7. The van der Waals surface area contributed by atoms with Gasteiger partial charge in [0.25, 0.3) is 5.56 Å². The lowest BCUT2D eigenvalue weighted by Crippen LogP contribution is -2.38. The highest BCUT2D eigenvalue weighted by Crippen LogP contribution is 2.20. The molecule has 0 aromatic carbocycles. The molecule has 0 N–H and O–H groups in total. The number of rotatable bonds is 6. The average molecular weight is 460 g/mol. The molecule has 3 rings (SSSR count). The van der Waals surface area contributed by atoms with Crippen molar-refractivity contribution in [2.24, 2.45) is 5.41 Å². The molecule has 1 fully saturated rings. The van der Waals surface area contributed by atoms with Crippen molar-refractivity contribution in [1.29, 1.82) is 5.26 Å². The van der Waals surface area contributed by atoms with Crippen LogP contribution >= 0.6 is 22.7 Å². The van der Waals surface area contributed by atoms with Crippen LogP contribution < -0.4 is 14.8 Å². The summed E-state index contributed by atoms with van der Waals surface area (Å²) in [6.45, 7) is 12.0. The number of thiazole rings is 1. The van der Waals surface area contributed by atoms with Gasteiger partial charge in [0, 0.05) is 41.3 Å². The van der Waals surface area contributed by atoms with E-state index in [2.05, 4.69) is 11.0 Å². The Morgan fingerprint density at radius 3 is 2.52 bits per heavy atom. The summed E-state index contributed by atoms with van der Waals surface area (Å²) < 4.78 is 8.04. The van der Waals surface area contributed by atoms with Crippen LogP contribution in [0.2, 0.25) is 0 Å². The zero-order chi connectivity index (χ0) is 22.6. The standard InChI is InChI=1S/C23H29N3O3S2/c1-16-6-7-17(30-16)14-19-21(28)26(9-5-8-25-10-12-29-13-11-25)22(31-19)18(15-24)20(27)23(2,3)4/h6-7,14H,5,8-13H2,1-4H3/b19-14-,22-18-. The highest BCUT2D eigenvalue weighted by molar-refractivity contribution is 7.13. The maximum Gasteiger partial charge on any atom is 0.269 e. The van der Waals surface area contributed by atoms with Crippen molar-refractivity contribution in [3.05, 3.63) is 41.4 Å². The fraction of sp³-hybridized carbons (Fsp3) is 0.522. The van der Waals surface area contributed by atoms with E-state index in [4.69, 9.17) is 4.74 Å². The van der Waals surface area contributed by atoms with Gasteiger partial charge in [0.15, 0.2) is 5.78 Å². The molecule has 8 heteroatoms. The van der Waals surface area contributed by atoms with Crippen molar-refractivity contribution in [2.75, 3.05) is 32.8 Å². The van der Waals surface area contributed by atoms with Crippen LogP contribution in [0.4, 0.5) is 0 Å². The number of morpholine rings is 1. The SMILES string of the molecule is Cc1ccc(/C=c2\s/c(=C(/C#N)C(=O)C(C)(C)C)n(CCCN3CCOCC3)c2=O)s1. The molecular weight excluding hydrogens is 430 g/mol. The van der Waals surface area contributed by atoms with Crippen LogP contribution in [-0.4, -0.2) is 48.1 Å². The minimum absolute atomic E-state index is 0.0722. The number of nitrogens with zero attached hydrogens (tertiary/aromatic N) is 3. The number of nitriles is 1. The zero-order valence-electron chi connectivity index (χ0n) is 18.6. The summed E-state index contributed by atoms with van der Waals surface area (Å²) in [5.74, 6) is -0.239. The number of carbonyl (C=O) groups is 1. The van der Waals surface area contributed by atoms with Crippen molar-refractivity contribution in [2.45, 2.75) is 40.7 Å². The molecular formula is C23H29N3O3S2. The van der Waals surface area contributed by atoms with E-state index < -0.39 is 5.41 Å². The second-order valence-corrected chi connectivity index (χ2v) is 11.0. The quantitative estimate of drug-likeness (QED) is 0.662. The smallest absolute Gasteiger partial charge is 0.269 e. The molecule has 0 aliphatic carbocycles. The van der Waals surface area contributed by atoms with Gasteiger partial charge in [-0.15, -0.1) is 22.7 Å². The molecule has 0 spiro atoms. The van der Waals surface area contributed by atoms with E-state index in [0.717, 1.165) is 44.1 Å². The molecule has 0 radical (unpaired) electrons. The summed E-state index contributed by atoms with van der Waals surface area (Å²) in [6.07, 6.45) is 2.63. The third-order valence-electron chi connectivity index (χ3n) is 5.14. The van der Waals surface area contributed by atoms with E-state index in [1.165, 1.54) is 16.2 Å². The Labute approximate surface area is 190 Å². The summed E-state index contributed by atoms with van der Waals surface area (Å²) in [7, 11) is 0. The lowest BCUT2D eigenvalue weighted by Gasteiger charge is -2.26. The minimum atomic E-state index is -0.696. The number of ketones is 1. The summed E-state index contributed by atoms with van der Waals surface area (Å²) >= 11 is 2.85. The molecule has 0 atom stereocenters. The maximum absolute atomic E-state index is 13.3. The van der Waals surface area contributed by atoms with Gasteiger partial charge in [-0.2, -0.15) is 5.26 Å². The highest BCUT2D eigenvalue weighted by atomic mass is 32.1. The second kappa shape index (κ2) is 10.0. The van der Waals surface area contributed by atoms with Gasteiger partial charge in [0.05, 0.1) is 17.7 Å². The maximum atomic E-state index is 13.3. The van der Waals surface area contributed by atoms with Gasteiger partial charge in [-0.25, -0.2) is 0 Å². The number of aryl methyl sites for hydroxylation is 1. The normalized spacial score (nSPS) is 16.9. The van der Waals surface area contributed by atoms with Crippen LogP contribution in [-0.2, 0) is 16.1 Å². The molecule has 1 saturated heterocycles. The van der Waals surface area contributed by atoms with E-state index in [0.29, 0.717) is 15.7 Å². The summed E-state index contributed by atoms with van der Waals surface area (Å²) in [5, 5.41) is 9.81. The number of thiophene rings is 1. The molecule has 31 heavy (non-hydrogen) atoms. The third-order valence-corrected chi connectivity index (χ3v) is 7.21. The van der Waals surface area contributed by atoms with Gasteiger partial charge in [-0.1, -0.05) is 20.8 Å². The second-order valence-electron chi connectivity index (χ2n) is 8.69. The van der Waals surface area contributed by atoms with Crippen LogP contribution in [0.3, 0.4) is 0 Å². The molecule has 1 aliphatic heterocycles. The predicted molar refractivity (Wildman–Crippen MR) is 126 cm³/mol. The van der Waals surface area contributed by atoms with E-state index >= 15 is 0 Å². The largest absolute Gasteiger partial charge is 0.379 e. The Bertz CT molecular complexity index is 1150. The molecule has 0 amide bonds. The first-order valence-electron chi connectivity index (χ1n) is 10.5.